The molecular weight excluding hydrogens is 430 g/mol. The van der Waals surface area contributed by atoms with Crippen molar-refractivity contribution in [2.24, 2.45) is 5.73 Å². The van der Waals surface area contributed by atoms with E-state index in [0.29, 0.717) is 24.2 Å². The zero-order valence-electron chi connectivity index (χ0n) is 19.7. The van der Waals surface area contributed by atoms with Gasteiger partial charge in [0.05, 0.1) is 18.8 Å². The number of nitrogens with one attached hydrogen (secondary N) is 3. The molecule has 0 amide bonds. The van der Waals surface area contributed by atoms with E-state index in [0.717, 1.165) is 31.5 Å². The summed E-state index contributed by atoms with van der Waals surface area (Å²) in [6.45, 7) is 3.08. The monoisotopic (exact) mass is 465 g/mol. The summed E-state index contributed by atoms with van der Waals surface area (Å²) in [5.41, 5.74) is 14.2. The average molecular weight is 466 g/mol. The topological polar surface area (TPSA) is 136 Å². The molecule has 2 aromatic carbocycles. The SMILES string of the molecule is CC(=N)OC(=N)c1ccc(N2CC[C@H](N)[C@@H]2COC2CCC(c3ccccc3)CC2)cc1.N=O. The molecule has 2 atom stereocenters. The van der Waals surface area contributed by atoms with Crippen LogP contribution in [0.4, 0.5) is 5.69 Å². The van der Waals surface area contributed by atoms with E-state index in [9.17, 15) is 0 Å². The summed E-state index contributed by atoms with van der Waals surface area (Å²) >= 11 is 0. The Kier molecular flexibility index (Phi) is 9.30. The Labute approximate surface area is 201 Å². The summed E-state index contributed by atoms with van der Waals surface area (Å²) < 4.78 is 11.5. The van der Waals surface area contributed by atoms with Crippen molar-refractivity contribution < 1.29 is 9.47 Å². The third-order valence-electron chi connectivity index (χ3n) is 6.76. The minimum absolute atomic E-state index is 0.00633. The lowest BCUT2D eigenvalue weighted by molar-refractivity contribution is 0.0162. The molecule has 8 nitrogen and oxygen atoms in total. The molecule has 2 aromatic rings. The minimum Gasteiger partial charge on any atom is -0.426 e. The maximum Gasteiger partial charge on any atom is 0.220 e. The van der Waals surface area contributed by atoms with Crippen LogP contribution in [0.1, 0.15) is 56.1 Å². The molecule has 4 rings (SSSR count). The summed E-state index contributed by atoms with van der Waals surface area (Å²) in [7, 11) is 0. The van der Waals surface area contributed by atoms with Gasteiger partial charge in [-0.15, -0.1) is 0 Å². The standard InChI is InChI=1S/C26H34N4O2.HNO/c1-18(27)32-26(29)21-7-11-22(12-8-21)30-16-15-24(28)25(30)17-31-23-13-9-20(10-14-23)19-5-3-2-4-6-19;1-2/h2-8,11-12,20,23-25,27,29H,9-10,13-17,28H2,1H3;1H/t20?,23?,24-,25-;/m0./s1. The second kappa shape index (κ2) is 12.4. The van der Waals surface area contributed by atoms with Gasteiger partial charge in [-0.1, -0.05) is 35.9 Å². The van der Waals surface area contributed by atoms with E-state index in [2.05, 4.69) is 40.8 Å². The van der Waals surface area contributed by atoms with Crippen LogP contribution in [0.3, 0.4) is 0 Å². The number of hydrogen-bond donors (Lipinski definition) is 4. The number of hydrogen-bond acceptors (Lipinski definition) is 8. The van der Waals surface area contributed by atoms with Crippen LogP contribution in [-0.4, -0.2) is 43.1 Å². The van der Waals surface area contributed by atoms with Gasteiger partial charge in [-0.2, -0.15) is 4.91 Å². The lowest BCUT2D eigenvalue weighted by atomic mass is 9.83. The summed E-state index contributed by atoms with van der Waals surface area (Å²) in [6.07, 6.45) is 5.83. The zero-order valence-corrected chi connectivity index (χ0v) is 19.7. The predicted molar refractivity (Wildman–Crippen MR) is 135 cm³/mol. The van der Waals surface area contributed by atoms with E-state index in [1.54, 1.807) is 0 Å². The van der Waals surface area contributed by atoms with Crippen LogP contribution in [0.5, 0.6) is 0 Å². The van der Waals surface area contributed by atoms with Crippen molar-refractivity contribution in [2.75, 3.05) is 18.1 Å². The van der Waals surface area contributed by atoms with E-state index >= 15 is 0 Å². The van der Waals surface area contributed by atoms with Gasteiger partial charge in [-0.3, -0.25) is 10.8 Å². The molecule has 8 heteroatoms. The summed E-state index contributed by atoms with van der Waals surface area (Å²) in [5, 5.41) is 15.3. The second-order valence-corrected chi connectivity index (χ2v) is 8.97. The first-order chi connectivity index (χ1) is 16.5. The normalized spacial score (nSPS) is 24.1. The fourth-order valence-electron chi connectivity index (χ4n) is 4.95. The molecule has 2 fully saturated rings. The molecular formula is C26H35N5O3. The van der Waals surface area contributed by atoms with Crippen LogP contribution in [-0.2, 0) is 9.47 Å². The number of anilines is 1. The first kappa shape index (κ1) is 25.5. The smallest absolute Gasteiger partial charge is 0.220 e. The Bertz CT molecular complexity index is 929. The van der Waals surface area contributed by atoms with Gasteiger partial charge in [0.1, 0.15) is 0 Å². The minimum atomic E-state index is -0.00633. The highest BCUT2D eigenvalue weighted by Gasteiger charge is 2.33. The van der Waals surface area contributed by atoms with Crippen molar-refractivity contribution in [3.05, 3.63) is 70.6 Å². The third-order valence-corrected chi connectivity index (χ3v) is 6.76. The average Bonchev–Trinajstić information content (AvgIpc) is 3.24. The van der Waals surface area contributed by atoms with Crippen molar-refractivity contribution in [3.63, 3.8) is 0 Å². The fourth-order valence-corrected chi connectivity index (χ4v) is 4.95. The molecule has 1 aliphatic carbocycles. The number of nitroso groups, excluding NO2 is 1. The first-order valence-corrected chi connectivity index (χ1v) is 11.8. The lowest BCUT2D eigenvalue weighted by Crippen LogP contribution is -2.44. The molecule has 1 saturated carbocycles. The van der Waals surface area contributed by atoms with Gasteiger partial charge in [0.15, 0.2) is 5.90 Å². The Morgan fingerprint density at radius 1 is 0.971 bits per heavy atom. The van der Waals surface area contributed by atoms with E-state index in [-0.39, 0.29) is 23.9 Å². The molecule has 0 spiro atoms. The Morgan fingerprint density at radius 3 is 2.24 bits per heavy atom. The van der Waals surface area contributed by atoms with Crippen molar-refractivity contribution >= 4 is 17.5 Å². The highest BCUT2D eigenvalue weighted by atomic mass is 16.5. The predicted octanol–water partition coefficient (Wildman–Crippen LogP) is 5.01. The van der Waals surface area contributed by atoms with E-state index < -0.39 is 0 Å². The molecule has 5 N–H and O–H groups in total. The van der Waals surface area contributed by atoms with Crippen LogP contribution < -0.4 is 10.6 Å². The molecule has 0 unspecified atom stereocenters. The largest absolute Gasteiger partial charge is 0.426 e. The maximum absolute atomic E-state index is 7.94. The molecule has 1 saturated heterocycles. The van der Waals surface area contributed by atoms with Crippen molar-refractivity contribution in [1.82, 2.24) is 0 Å². The molecule has 182 valence electrons. The number of rotatable bonds is 6. The first-order valence-electron chi connectivity index (χ1n) is 11.8. The van der Waals surface area contributed by atoms with Crippen molar-refractivity contribution in [2.45, 2.75) is 63.1 Å². The highest BCUT2D eigenvalue weighted by molar-refractivity contribution is 5.98. The summed E-state index contributed by atoms with van der Waals surface area (Å²) in [5.74, 6) is 0.659. The quantitative estimate of drug-likeness (QED) is 0.270. The zero-order chi connectivity index (χ0) is 24.5. The lowest BCUT2D eigenvalue weighted by Gasteiger charge is -2.33. The van der Waals surface area contributed by atoms with Crippen LogP contribution in [0.25, 0.3) is 0 Å². The Hall–Kier alpha value is -3.10. The molecule has 0 radical (unpaired) electrons. The van der Waals surface area contributed by atoms with Crippen molar-refractivity contribution in [3.8, 4) is 0 Å². The number of benzene rings is 2. The molecule has 0 aromatic heterocycles. The van der Waals surface area contributed by atoms with Crippen molar-refractivity contribution in [1.29, 1.82) is 16.4 Å². The maximum atomic E-state index is 7.94. The van der Waals surface area contributed by atoms with Gasteiger partial charge in [0, 0.05) is 30.8 Å². The molecule has 2 aliphatic rings. The van der Waals surface area contributed by atoms with E-state index in [4.69, 9.17) is 30.9 Å². The van der Waals surface area contributed by atoms with Crippen LogP contribution >= 0.6 is 0 Å². The number of ether oxygens (including phenoxy) is 2. The molecule has 34 heavy (non-hydrogen) atoms. The van der Waals surface area contributed by atoms with Gasteiger partial charge in [-0.25, -0.2) is 0 Å². The second-order valence-electron chi connectivity index (χ2n) is 8.97. The third kappa shape index (κ3) is 6.48. The van der Waals surface area contributed by atoms with Crippen LogP contribution in [0.2, 0.25) is 0 Å². The van der Waals surface area contributed by atoms with Gasteiger partial charge in [0.25, 0.3) is 0 Å². The van der Waals surface area contributed by atoms with E-state index in [1.807, 2.05) is 24.3 Å². The summed E-state index contributed by atoms with van der Waals surface area (Å²) in [6, 6.07) is 18.8. The molecule has 1 heterocycles. The highest BCUT2D eigenvalue weighted by Crippen LogP contribution is 2.34. The summed E-state index contributed by atoms with van der Waals surface area (Å²) in [4.78, 5) is 9.83. The number of nitrogens with two attached hydrogens (primary N) is 1. The van der Waals surface area contributed by atoms with Gasteiger partial charge in [-0.05, 0) is 67.9 Å². The number of nitrogens with zero attached hydrogens (tertiary/aromatic N) is 1. The molecule has 1 aliphatic heterocycles. The Balaban J connectivity index is 0.00000158. The van der Waals surface area contributed by atoms with Crippen LogP contribution in [0.15, 0.2) is 54.6 Å². The van der Waals surface area contributed by atoms with Gasteiger partial charge >= 0.3 is 0 Å². The van der Waals surface area contributed by atoms with E-state index in [1.165, 1.54) is 25.3 Å². The van der Waals surface area contributed by atoms with Crippen LogP contribution in [0, 0.1) is 21.3 Å². The Morgan fingerprint density at radius 2 is 1.62 bits per heavy atom. The van der Waals surface area contributed by atoms with Gasteiger partial charge < -0.3 is 20.1 Å². The molecule has 0 bridgehead atoms. The fraction of sp³-hybridized carbons (Fsp3) is 0.462. The van der Waals surface area contributed by atoms with Gasteiger partial charge in [0.2, 0.25) is 5.90 Å².